The fourth-order valence-corrected chi connectivity index (χ4v) is 2.74. The Morgan fingerprint density at radius 2 is 1.88 bits per heavy atom. The van der Waals surface area contributed by atoms with Gasteiger partial charge in [0.2, 0.25) is 0 Å². The molecule has 2 amide bonds. The van der Waals surface area contributed by atoms with Crippen molar-refractivity contribution >= 4 is 11.8 Å². The summed E-state index contributed by atoms with van der Waals surface area (Å²) in [5.41, 5.74) is 0.310. The topological polar surface area (TPSA) is 80.2 Å². The van der Waals surface area contributed by atoms with E-state index in [2.05, 4.69) is 10.6 Å². The van der Waals surface area contributed by atoms with E-state index in [1.165, 1.54) is 36.0 Å². The first kappa shape index (κ1) is 17.8. The van der Waals surface area contributed by atoms with Crippen molar-refractivity contribution in [2.75, 3.05) is 7.05 Å². The van der Waals surface area contributed by atoms with Gasteiger partial charge in [0, 0.05) is 19.3 Å². The van der Waals surface area contributed by atoms with Crippen LogP contribution in [0, 0.1) is 11.7 Å². The van der Waals surface area contributed by atoms with Gasteiger partial charge in [-0.15, -0.1) is 0 Å². The number of rotatable bonds is 5. The first-order chi connectivity index (χ1) is 12.4. The lowest BCUT2D eigenvalue weighted by Crippen LogP contribution is -2.34. The Labute approximate surface area is 150 Å². The van der Waals surface area contributed by atoms with Crippen LogP contribution < -0.4 is 16.2 Å². The van der Waals surface area contributed by atoms with E-state index < -0.39 is 11.5 Å². The smallest absolute Gasteiger partial charge is 0.263 e. The number of pyridine rings is 1. The summed E-state index contributed by atoms with van der Waals surface area (Å²) in [7, 11) is 1.42. The third-order valence-electron chi connectivity index (χ3n) is 4.51. The molecule has 1 unspecified atom stereocenters. The molecule has 136 valence electrons. The summed E-state index contributed by atoms with van der Waals surface area (Å²) in [6, 6.07) is 7.14. The van der Waals surface area contributed by atoms with Crippen molar-refractivity contribution in [2.45, 2.75) is 25.9 Å². The second-order valence-corrected chi connectivity index (χ2v) is 6.57. The van der Waals surface area contributed by atoms with E-state index in [0.717, 1.165) is 6.42 Å². The molecular formula is C19H20FN3O3. The molecule has 7 heteroatoms. The van der Waals surface area contributed by atoms with E-state index in [9.17, 15) is 18.8 Å². The van der Waals surface area contributed by atoms with Crippen LogP contribution in [0.4, 0.5) is 4.39 Å². The molecule has 1 aromatic heterocycles. The molecule has 2 N–H and O–H groups in total. The van der Waals surface area contributed by atoms with Crippen LogP contribution in [0.1, 0.15) is 39.6 Å². The van der Waals surface area contributed by atoms with Gasteiger partial charge in [0.15, 0.2) is 0 Å². The molecular weight excluding hydrogens is 337 g/mol. The molecule has 26 heavy (non-hydrogen) atoms. The van der Waals surface area contributed by atoms with Crippen LogP contribution in [0.25, 0.3) is 0 Å². The maximum Gasteiger partial charge on any atom is 0.263 e. The summed E-state index contributed by atoms with van der Waals surface area (Å²) >= 11 is 0. The van der Waals surface area contributed by atoms with Crippen LogP contribution in [0.2, 0.25) is 0 Å². The van der Waals surface area contributed by atoms with E-state index in [1.807, 2.05) is 6.92 Å². The minimum Gasteiger partial charge on any atom is -0.355 e. The molecule has 2 aromatic rings. The molecule has 1 aliphatic rings. The van der Waals surface area contributed by atoms with Crippen LogP contribution in [-0.4, -0.2) is 29.5 Å². The third-order valence-corrected chi connectivity index (χ3v) is 4.51. The number of nitrogens with one attached hydrogen (secondary N) is 2. The van der Waals surface area contributed by atoms with Crippen LogP contribution in [0.5, 0.6) is 0 Å². The second kappa shape index (κ2) is 7.11. The molecule has 1 aromatic carbocycles. The summed E-state index contributed by atoms with van der Waals surface area (Å²) in [4.78, 5) is 37.1. The van der Waals surface area contributed by atoms with Crippen molar-refractivity contribution in [3.05, 3.63) is 69.4 Å². The van der Waals surface area contributed by atoms with Crippen LogP contribution in [-0.2, 0) is 6.54 Å². The van der Waals surface area contributed by atoms with E-state index in [0.29, 0.717) is 11.5 Å². The molecule has 2 atom stereocenters. The summed E-state index contributed by atoms with van der Waals surface area (Å²) in [6.07, 6.45) is 2.35. The van der Waals surface area contributed by atoms with Gasteiger partial charge in [-0.3, -0.25) is 14.4 Å². The predicted molar refractivity (Wildman–Crippen MR) is 94.6 cm³/mol. The lowest BCUT2D eigenvalue weighted by molar-refractivity contribution is 0.0948. The quantitative estimate of drug-likeness (QED) is 0.852. The van der Waals surface area contributed by atoms with Gasteiger partial charge in [-0.1, -0.05) is 19.1 Å². The third kappa shape index (κ3) is 3.82. The molecule has 1 fully saturated rings. The first-order valence-electron chi connectivity index (χ1n) is 8.41. The van der Waals surface area contributed by atoms with Gasteiger partial charge in [-0.25, -0.2) is 4.39 Å². The van der Waals surface area contributed by atoms with E-state index >= 15 is 0 Å². The lowest BCUT2D eigenvalue weighted by atomic mass is 10.1. The van der Waals surface area contributed by atoms with Crippen LogP contribution in [0.3, 0.4) is 0 Å². The maximum absolute atomic E-state index is 13.1. The highest BCUT2D eigenvalue weighted by molar-refractivity contribution is 5.99. The number of nitrogens with zero attached hydrogens (tertiary/aromatic N) is 1. The number of halogens is 1. The van der Waals surface area contributed by atoms with Gasteiger partial charge in [0.25, 0.3) is 17.4 Å². The average molecular weight is 357 g/mol. The maximum atomic E-state index is 13.1. The first-order valence-corrected chi connectivity index (χ1v) is 8.41. The highest BCUT2D eigenvalue weighted by atomic mass is 19.1. The zero-order valence-corrected chi connectivity index (χ0v) is 14.6. The Morgan fingerprint density at radius 3 is 2.46 bits per heavy atom. The highest BCUT2D eigenvalue weighted by Crippen LogP contribution is 2.29. The number of hydrogen-bond donors (Lipinski definition) is 2. The van der Waals surface area contributed by atoms with Crippen LogP contribution >= 0.6 is 0 Å². The largest absolute Gasteiger partial charge is 0.355 e. The summed E-state index contributed by atoms with van der Waals surface area (Å²) < 4.78 is 14.4. The minimum atomic E-state index is -0.558. The standard InChI is InChI=1S/C19H20FN3O3/c1-11-7-16(11)22-17(24)13-8-15(18(25)21-2)19(26)23(10-13)9-12-3-5-14(20)6-4-12/h3-6,8,10-11,16H,7,9H2,1-2H3,(H,21,25)(H,22,24)/t11-,16?/m1/s1. The zero-order chi connectivity index (χ0) is 18.8. The van der Waals surface area contributed by atoms with E-state index in [4.69, 9.17) is 0 Å². The highest BCUT2D eigenvalue weighted by Gasteiger charge is 2.34. The van der Waals surface area contributed by atoms with Gasteiger partial charge < -0.3 is 15.2 Å². The van der Waals surface area contributed by atoms with Crippen molar-refractivity contribution in [1.29, 1.82) is 0 Å². The summed E-state index contributed by atoms with van der Waals surface area (Å²) in [5.74, 6) is -0.823. The Kier molecular flexibility index (Phi) is 4.88. The molecule has 1 aliphatic carbocycles. The van der Waals surface area contributed by atoms with Crippen molar-refractivity contribution in [3.8, 4) is 0 Å². The number of hydrogen-bond acceptors (Lipinski definition) is 3. The Balaban J connectivity index is 1.96. The van der Waals surface area contributed by atoms with Gasteiger partial charge >= 0.3 is 0 Å². The number of amides is 2. The SMILES string of the molecule is CNC(=O)c1cc(C(=O)NC2C[C@H]2C)cn(Cc2ccc(F)cc2)c1=O. The molecule has 1 saturated carbocycles. The van der Waals surface area contributed by atoms with Gasteiger partial charge in [-0.2, -0.15) is 0 Å². The average Bonchev–Trinajstić information content (AvgIpc) is 3.32. The Bertz CT molecular complexity index is 905. The Morgan fingerprint density at radius 1 is 1.23 bits per heavy atom. The fraction of sp³-hybridized carbons (Fsp3) is 0.316. The van der Waals surface area contributed by atoms with Crippen molar-refractivity contribution in [3.63, 3.8) is 0 Å². The van der Waals surface area contributed by atoms with Crippen molar-refractivity contribution < 1.29 is 14.0 Å². The second-order valence-electron chi connectivity index (χ2n) is 6.57. The number of carbonyl (C=O) groups excluding carboxylic acids is 2. The number of aromatic nitrogens is 1. The molecule has 0 aliphatic heterocycles. The molecule has 0 spiro atoms. The van der Waals surface area contributed by atoms with E-state index in [1.54, 1.807) is 12.1 Å². The summed E-state index contributed by atoms with van der Waals surface area (Å²) in [5, 5.41) is 5.30. The van der Waals surface area contributed by atoms with Crippen molar-refractivity contribution in [2.24, 2.45) is 5.92 Å². The predicted octanol–water partition coefficient (Wildman–Crippen LogP) is 1.53. The molecule has 0 radical (unpaired) electrons. The molecule has 0 saturated heterocycles. The molecule has 3 rings (SSSR count). The Hall–Kier alpha value is -2.96. The number of benzene rings is 1. The van der Waals surface area contributed by atoms with Crippen LogP contribution in [0.15, 0.2) is 41.3 Å². The van der Waals surface area contributed by atoms with Crippen molar-refractivity contribution in [1.82, 2.24) is 15.2 Å². The fourth-order valence-electron chi connectivity index (χ4n) is 2.74. The zero-order valence-electron chi connectivity index (χ0n) is 14.6. The molecule has 6 nitrogen and oxygen atoms in total. The lowest BCUT2D eigenvalue weighted by Gasteiger charge is -2.12. The molecule has 1 heterocycles. The van der Waals surface area contributed by atoms with Gasteiger partial charge in [-0.05, 0) is 36.1 Å². The molecule has 0 bridgehead atoms. The monoisotopic (exact) mass is 357 g/mol. The summed E-state index contributed by atoms with van der Waals surface area (Å²) in [6.45, 7) is 2.17. The van der Waals surface area contributed by atoms with E-state index in [-0.39, 0.29) is 35.4 Å². The minimum absolute atomic E-state index is 0.105. The normalized spacial score (nSPS) is 18.3. The van der Waals surface area contributed by atoms with Gasteiger partial charge in [0.05, 0.1) is 12.1 Å². The number of carbonyl (C=O) groups is 2. The van der Waals surface area contributed by atoms with Gasteiger partial charge in [0.1, 0.15) is 11.4 Å².